The van der Waals surface area contributed by atoms with Gasteiger partial charge in [-0.15, -0.1) is 0 Å². The number of alkyl carbamates (subject to hydrolysis) is 1. The number of aryl methyl sites for hydroxylation is 1. The molecule has 0 bridgehead atoms. The van der Waals surface area contributed by atoms with Gasteiger partial charge in [0.1, 0.15) is 13.2 Å². The van der Waals surface area contributed by atoms with Gasteiger partial charge in [-0.2, -0.15) is 0 Å². The van der Waals surface area contributed by atoms with Crippen molar-refractivity contribution < 1.29 is 58.5 Å². The zero-order chi connectivity index (χ0) is 20.4. The van der Waals surface area contributed by atoms with Gasteiger partial charge in [-0.1, -0.05) is 43.0 Å². The molecule has 1 aliphatic rings. The molecule has 1 fully saturated rings. The number of benzene rings is 1. The molecule has 1 unspecified atom stereocenters. The van der Waals surface area contributed by atoms with Crippen molar-refractivity contribution in [1.29, 1.82) is 0 Å². The number of esters is 1. The van der Waals surface area contributed by atoms with Crippen LogP contribution in [0.2, 0.25) is 5.02 Å². The zero-order valence-electron chi connectivity index (χ0n) is 16.7. The van der Waals surface area contributed by atoms with Crippen molar-refractivity contribution in [3.8, 4) is 0 Å². The van der Waals surface area contributed by atoms with Crippen LogP contribution in [0.25, 0.3) is 0 Å². The third kappa shape index (κ3) is 9.85. The van der Waals surface area contributed by atoms with E-state index in [4.69, 9.17) is 21.1 Å². The second kappa shape index (κ2) is 13.9. The summed E-state index contributed by atoms with van der Waals surface area (Å²) in [5.74, 6) is -1.73. The van der Waals surface area contributed by atoms with Crippen molar-refractivity contribution in [3.63, 3.8) is 0 Å². The van der Waals surface area contributed by atoms with Gasteiger partial charge >= 0.3 is 41.6 Å². The topological polar surface area (TPSA) is 105 Å². The Morgan fingerprint density at radius 1 is 1.07 bits per heavy atom. The predicted molar refractivity (Wildman–Crippen MR) is 101 cm³/mol. The summed E-state index contributed by atoms with van der Waals surface area (Å²) in [4.78, 5) is 34.9. The van der Waals surface area contributed by atoms with Gasteiger partial charge in [-0.3, -0.25) is 4.79 Å². The van der Waals surface area contributed by atoms with E-state index in [1.807, 2.05) is 0 Å². The molecule has 1 aliphatic carbocycles. The molecule has 7 nitrogen and oxygen atoms in total. The minimum absolute atomic E-state index is 0. The SMILES string of the molecule is O=C(NC(CCc1ccc(Cl)cc1)C(=O)[O-])OCCOC(=O)C1CCCCC1.[Na+]. The number of hydrogen-bond acceptors (Lipinski definition) is 6. The molecule has 29 heavy (non-hydrogen) atoms. The van der Waals surface area contributed by atoms with E-state index in [1.54, 1.807) is 24.3 Å². The van der Waals surface area contributed by atoms with Crippen LogP contribution in [-0.4, -0.2) is 37.3 Å². The van der Waals surface area contributed by atoms with Crippen molar-refractivity contribution >= 4 is 29.6 Å². The molecule has 154 valence electrons. The molecule has 0 aliphatic heterocycles. The van der Waals surface area contributed by atoms with Crippen molar-refractivity contribution in [2.75, 3.05) is 13.2 Å². The largest absolute Gasteiger partial charge is 1.00 e. The van der Waals surface area contributed by atoms with Gasteiger partial charge in [-0.25, -0.2) is 4.79 Å². The molecule has 9 heteroatoms. The number of carbonyl (C=O) groups excluding carboxylic acids is 3. The predicted octanol–water partition coefficient (Wildman–Crippen LogP) is -0.755. The Labute approximate surface area is 197 Å². The Morgan fingerprint density at radius 2 is 1.69 bits per heavy atom. The van der Waals surface area contributed by atoms with Gasteiger partial charge in [0.05, 0.1) is 17.9 Å². The molecule has 1 aromatic carbocycles. The average Bonchev–Trinajstić information content (AvgIpc) is 2.70. The van der Waals surface area contributed by atoms with E-state index in [0.717, 1.165) is 37.7 Å². The van der Waals surface area contributed by atoms with Crippen LogP contribution >= 0.6 is 11.6 Å². The standard InChI is InChI=1S/C20H26ClNO6.Na/c21-16-9-6-14(7-10-16)8-11-17(18(23)24)22-20(26)28-13-12-27-19(25)15-4-2-1-3-5-15;/h6-7,9-10,15,17H,1-5,8,11-13H2,(H,22,26)(H,23,24);/q;+1/p-1. The first kappa shape index (κ1) is 25.8. The van der Waals surface area contributed by atoms with Crippen molar-refractivity contribution in [2.45, 2.75) is 51.0 Å². The summed E-state index contributed by atoms with van der Waals surface area (Å²) in [7, 11) is 0. The summed E-state index contributed by atoms with van der Waals surface area (Å²) in [6.45, 7) is -0.190. The third-order valence-corrected chi connectivity index (χ3v) is 4.96. The monoisotopic (exact) mass is 433 g/mol. The van der Waals surface area contributed by atoms with Gasteiger partial charge in [-0.05, 0) is 43.4 Å². The number of carbonyl (C=O) groups is 3. The van der Waals surface area contributed by atoms with E-state index >= 15 is 0 Å². The molecule has 0 radical (unpaired) electrons. The molecule has 1 N–H and O–H groups in total. The Balaban J connectivity index is 0.00000420. The zero-order valence-corrected chi connectivity index (χ0v) is 19.4. The third-order valence-electron chi connectivity index (χ3n) is 4.71. The maximum Gasteiger partial charge on any atom is 1.00 e. The summed E-state index contributed by atoms with van der Waals surface area (Å²) in [6, 6.07) is 5.80. The van der Waals surface area contributed by atoms with E-state index in [1.165, 1.54) is 0 Å². The van der Waals surface area contributed by atoms with E-state index < -0.39 is 18.1 Å². The molecule has 0 spiro atoms. The fourth-order valence-corrected chi connectivity index (χ4v) is 3.25. The maximum atomic E-state index is 11.9. The molecule has 1 atom stereocenters. The Bertz CT molecular complexity index is 663. The van der Waals surface area contributed by atoms with E-state index in [2.05, 4.69) is 5.32 Å². The molecule has 0 aromatic heterocycles. The minimum Gasteiger partial charge on any atom is -0.548 e. The van der Waals surface area contributed by atoms with Crippen LogP contribution in [-0.2, 0) is 25.5 Å². The van der Waals surface area contributed by atoms with Crippen molar-refractivity contribution in [3.05, 3.63) is 34.9 Å². The number of rotatable bonds is 9. The van der Waals surface area contributed by atoms with Crippen LogP contribution in [0.5, 0.6) is 0 Å². The van der Waals surface area contributed by atoms with Gasteiger partial charge in [0.15, 0.2) is 0 Å². The number of ether oxygens (including phenoxy) is 2. The first-order valence-corrected chi connectivity index (χ1v) is 9.88. The van der Waals surface area contributed by atoms with Crippen LogP contribution in [0.3, 0.4) is 0 Å². The van der Waals surface area contributed by atoms with Crippen molar-refractivity contribution in [1.82, 2.24) is 5.32 Å². The van der Waals surface area contributed by atoms with E-state index in [-0.39, 0.29) is 61.1 Å². The molecule has 0 heterocycles. The second-order valence-electron chi connectivity index (χ2n) is 6.82. The number of hydrogen-bond donors (Lipinski definition) is 1. The van der Waals surface area contributed by atoms with E-state index in [9.17, 15) is 19.5 Å². The molecular formula is C20H25ClNNaO6. The number of aliphatic carboxylic acids is 1. The van der Waals surface area contributed by atoms with Gasteiger partial charge in [0, 0.05) is 5.02 Å². The number of nitrogens with one attached hydrogen (secondary N) is 1. The quantitative estimate of drug-likeness (QED) is 0.312. The molecular weight excluding hydrogens is 409 g/mol. The second-order valence-corrected chi connectivity index (χ2v) is 7.26. The number of carboxylic acids is 1. The number of halogens is 1. The summed E-state index contributed by atoms with van der Waals surface area (Å²) in [5, 5.41) is 14.1. The summed E-state index contributed by atoms with van der Waals surface area (Å²) in [6.07, 6.45) is 4.55. The first-order chi connectivity index (χ1) is 13.5. The minimum atomic E-state index is -1.39. The van der Waals surface area contributed by atoms with E-state index in [0.29, 0.717) is 11.4 Å². The fraction of sp³-hybridized carbons (Fsp3) is 0.550. The normalized spacial score (nSPS) is 14.9. The Kier molecular flexibility index (Phi) is 12.3. The maximum absolute atomic E-state index is 11.9. The Hall–Kier alpha value is -1.28. The van der Waals surface area contributed by atoms with Crippen LogP contribution in [0.15, 0.2) is 24.3 Å². The molecule has 2 rings (SSSR count). The first-order valence-electron chi connectivity index (χ1n) is 9.51. The summed E-state index contributed by atoms with van der Waals surface area (Å²) in [5.41, 5.74) is 0.889. The van der Waals surface area contributed by atoms with Crippen LogP contribution in [0, 0.1) is 5.92 Å². The van der Waals surface area contributed by atoms with Crippen LogP contribution in [0.1, 0.15) is 44.1 Å². The van der Waals surface area contributed by atoms with Crippen LogP contribution in [0.4, 0.5) is 4.79 Å². The average molecular weight is 434 g/mol. The molecule has 1 amide bonds. The van der Waals surface area contributed by atoms with Gasteiger partial charge in [0.25, 0.3) is 0 Å². The Morgan fingerprint density at radius 3 is 2.31 bits per heavy atom. The number of amides is 1. The fourth-order valence-electron chi connectivity index (χ4n) is 3.13. The molecule has 1 aromatic rings. The van der Waals surface area contributed by atoms with Crippen molar-refractivity contribution in [2.24, 2.45) is 5.92 Å². The van der Waals surface area contributed by atoms with Gasteiger partial charge < -0.3 is 24.7 Å². The van der Waals surface area contributed by atoms with Crippen LogP contribution < -0.4 is 40.0 Å². The molecule has 0 saturated heterocycles. The smallest absolute Gasteiger partial charge is 0.548 e. The molecule has 1 saturated carbocycles. The summed E-state index contributed by atoms with van der Waals surface area (Å²) < 4.78 is 10.0. The summed E-state index contributed by atoms with van der Waals surface area (Å²) >= 11 is 5.81. The van der Waals surface area contributed by atoms with Gasteiger partial charge in [0.2, 0.25) is 0 Å². The number of carboxylic acid groups (broad SMARTS) is 1.